The number of esters is 1. The average molecular weight is 242 g/mol. The molecule has 0 amide bonds. The van der Waals surface area contributed by atoms with Crippen molar-refractivity contribution in [3.8, 4) is 5.75 Å². The fraction of sp³-hybridized carbons (Fsp3) is 0.417. The molecule has 1 aromatic carbocycles. The van der Waals surface area contributed by atoms with Crippen LogP contribution in [0.2, 0.25) is 0 Å². The van der Waals surface area contributed by atoms with Crippen LogP contribution in [-0.4, -0.2) is 25.3 Å². The number of ether oxygens (including phenoxy) is 2. The number of carbonyl (C=O) groups excluding carboxylic acids is 1. The topological polar surface area (TPSA) is 55.8 Å². The third-order valence-corrected chi connectivity index (χ3v) is 2.38. The third-order valence-electron chi connectivity index (χ3n) is 2.38. The van der Waals surface area contributed by atoms with E-state index >= 15 is 0 Å². The van der Waals surface area contributed by atoms with E-state index in [2.05, 4.69) is 4.74 Å². The van der Waals surface area contributed by atoms with Gasteiger partial charge in [0.05, 0.1) is 32.3 Å². The summed E-state index contributed by atoms with van der Waals surface area (Å²) in [5, 5.41) is 9.78. The van der Waals surface area contributed by atoms with Gasteiger partial charge >= 0.3 is 5.97 Å². The summed E-state index contributed by atoms with van der Waals surface area (Å²) in [6, 6.07) is 2.87. The zero-order chi connectivity index (χ0) is 13.0. The van der Waals surface area contributed by atoms with Gasteiger partial charge in [-0.15, -0.1) is 0 Å². The van der Waals surface area contributed by atoms with Gasteiger partial charge in [-0.25, -0.2) is 4.39 Å². The molecule has 0 spiro atoms. The monoisotopic (exact) mass is 242 g/mol. The molecular weight excluding hydrogens is 227 g/mol. The smallest absolute Gasteiger partial charge is 0.308 e. The highest BCUT2D eigenvalue weighted by Gasteiger charge is 2.21. The molecule has 1 N–H and O–H groups in total. The average Bonchev–Trinajstić information content (AvgIpc) is 2.27. The second-order valence-corrected chi connectivity index (χ2v) is 3.66. The van der Waals surface area contributed by atoms with Gasteiger partial charge in [-0.1, -0.05) is 0 Å². The Kier molecular flexibility index (Phi) is 4.45. The zero-order valence-corrected chi connectivity index (χ0v) is 9.99. The minimum Gasteiger partial charge on any atom is -0.496 e. The molecular formula is C12H15FO4. The van der Waals surface area contributed by atoms with Crippen LogP contribution in [0.15, 0.2) is 12.1 Å². The zero-order valence-electron chi connectivity index (χ0n) is 9.99. The van der Waals surface area contributed by atoms with Crippen LogP contribution in [0.1, 0.15) is 23.7 Å². The van der Waals surface area contributed by atoms with Crippen molar-refractivity contribution in [3.05, 3.63) is 29.1 Å². The van der Waals surface area contributed by atoms with Crippen molar-refractivity contribution in [2.75, 3.05) is 14.2 Å². The normalized spacial score (nSPS) is 12.1. The highest BCUT2D eigenvalue weighted by Crippen LogP contribution is 2.31. The molecule has 1 aromatic rings. The Bertz CT molecular complexity index is 417. The molecule has 0 heterocycles. The van der Waals surface area contributed by atoms with Crippen molar-refractivity contribution in [1.29, 1.82) is 0 Å². The number of aliphatic hydroxyl groups excluding tert-OH is 1. The van der Waals surface area contributed by atoms with Crippen LogP contribution in [0.3, 0.4) is 0 Å². The van der Waals surface area contributed by atoms with Crippen LogP contribution in [0.4, 0.5) is 4.39 Å². The number of aryl methyl sites for hydroxylation is 1. The molecule has 0 saturated carbocycles. The number of methoxy groups -OCH3 is 2. The molecule has 5 heteroatoms. The van der Waals surface area contributed by atoms with E-state index in [0.29, 0.717) is 5.56 Å². The summed E-state index contributed by atoms with van der Waals surface area (Å²) in [4.78, 5) is 11.0. The maximum Gasteiger partial charge on any atom is 0.308 e. The highest BCUT2D eigenvalue weighted by molar-refractivity contribution is 5.70. The molecule has 1 atom stereocenters. The predicted molar refractivity (Wildman–Crippen MR) is 59.3 cm³/mol. The van der Waals surface area contributed by atoms with Gasteiger partial charge in [0.25, 0.3) is 0 Å². The third kappa shape index (κ3) is 3.17. The first-order valence-electron chi connectivity index (χ1n) is 5.08. The van der Waals surface area contributed by atoms with E-state index in [1.54, 1.807) is 13.0 Å². The van der Waals surface area contributed by atoms with E-state index < -0.39 is 17.9 Å². The number of hydrogen-bond donors (Lipinski definition) is 1. The van der Waals surface area contributed by atoms with Gasteiger partial charge in [-0.2, -0.15) is 0 Å². The SMILES string of the molecule is COC(=O)CC(O)c1c(F)cc(C)cc1OC. The summed E-state index contributed by atoms with van der Waals surface area (Å²) in [6.45, 7) is 1.71. The number of aliphatic hydroxyl groups is 1. The second kappa shape index (κ2) is 5.63. The van der Waals surface area contributed by atoms with Crippen molar-refractivity contribution in [2.45, 2.75) is 19.4 Å². The lowest BCUT2D eigenvalue weighted by Gasteiger charge is -2.15. The summed E-state index contributed by atoms with van der Waals surface area (Å²) < 4.78 is 23.1. The lowest BCUT2D eigenvalue weighted by molar-refractivity contribution is -0.142. The van der Waals surface area contributed by atoms with Crippen LogP contribution in [0.25, 0.3) is 0 Å². The number of rotatable bonds is 4. The first-order valence-corrected chi connectivity index (χ1v) is 5.08. The van der Waals surface area contributed by atoms with Crippen molar-refractivity contribution in [1.82, 2.24) is 0 Å². The standard InChI is InChI=1S/C12H15FO4/c1-7-4-8(13)12(10(5-7)16-2)9(14)6-11(15)17-3/h4-5,9,14H,6H2,1-3H3. The summed E-state index contributed by atoms with van der Waals surface area (Å²) >= 11 is 0. The summed E-state index contributed by atoms with van der Waals surface area (Å²) in [5.41, 5.74) is 0.650. The predicted octanol–water partition coefficient (Wildman–Crippen LogP) is 1.74. The van der Waals surface area contributed by atoms with Crippen LogP contribution in [0, 0.1) is 12.7 Å². The first-order chi connectivity index (χ1) is 7.99. The minimum absolute atomic E-state index is 0.0245. The molecule has 1 unspecified atom stereocenters. The largest absolute Gasteiger partial charge is 0.496 e. The Morgan fingerprint density at radius 3 is 2.65 bits per heavy atom. The number of hydrogen-bond acceptors (Lipinski definition) is 4. The maximum atomic E-state index is 13.7. The Labute approximate surface area is 99.0 Å². The lowest BCUT2D eigenvalue weighted by Crippen LogP contribution is -2.11. The molecule has 0 bridgehead atoms. The molecule has 0 saturated heterocycles. The Morgan fingerprint density at radius 1 is 1.47 bits per heavy atom. The minimum atomic E-state index is -1.28. The van der Waals surface area contributed by atoms with Gasteiger partial charge < -0.3 is 14.6 Å². The van der Waals surface area contributed by atoms with E-state index in [1.165, 1.54) is 20.3 Å². The second-order valence-electron chi connectivity index (χ2n) is 3.66. The van der Waals surface area contributed by atoms with Crippen molar-refractivity contribution in [3.63, 3.8) is 0 Å². The molecule has 0 aliphatic carbocycles. The van der Waals surface area contributed by atoms with E-state index in [-0.39, 0.29) is 17.7 Å². The van der Waals surface area contributed by atoms with Crippen LogP contribution in [-0.2, 0) is 9.53 Å². The van der Waals surface area contributed by atoms with Gasteiger partial charge in [-0.05, 0) is 24.6 Å². The maximum absolute atomic E-state index is 13.7. The fourth-order valence-electron chi connectivity index (χ4n) is 1.56. The van der Waals surface area contributed by atoms with E-state index in [4.69, 9.17) is 4.74 Å². The highest BCUT2D eigenvalue weighted by atomic mass is 19.1. The van der Waals surface area contributed by atoms with Crippen molar-refractivity contribution < 1.29 is 23.8 Å². The molecule has 0 aliphatic rings. The quantitative estimate of drug-likeness (QED) is 0.817. The van der Waals surface area contributed by atoms with Crippen LogP contribution >= 0.6 is 0 Å². The van der Waals surface area contributed by atoms with E-state index in [0.717, 1.165) is 0 Å². The van der Waals surface area contributed by atoms with Gasteiger partial charge in [0.2, 0.25) is 0 Å². The first kappa shape index (κ1) is 13.4. The van der Waals surface area contributed by atoms with Gasteiger partial charge in [0, 0.05) is 0 Å². The van der Waals surface area contributed by atoms with E-state index in [9.17, 15) is 14.3 Å². The van der Waals surface area contributed by atoms with Gasteiger partial charge in [0.15, 0.2) is 0 Å². The molecule has 0 aliphatic heterocycles. The Morgan fingerprint density at radius 2 is 2.12 bits per heavy atom. The molecule has 1 rings (SSSR count). The van der Waals surface area contributed by atoms with Crippen LogP contribution < -0.4 is 4.74 Å². The molecule has 0 fully saturated rings. The summed E-state index contributed by atoms with van der Waals surface area (Å²) in [5.74, 6) is -0.989. The summed E-state index contributed by atoms with van der Waals surface area (Å²) in [6.07, 6.45) is -1.59. The lowest BCUT2D eigenvalue weighted by atomic mass is 10.0. The fourth-order valence-corrected chi connectivity index (χ4v) is 1.56. The Hall–Kier alpha value is -1.62. The van der Waals surface area contributed by atoms with Gasteiger partial charge in [0.1, 0.15) is 11.6 Å². The molecule has 0 aromatic heterocycles. The van der Waals surface area contributed by atoms with Crippen molar-refractivity contribution in [2.24, 2.45) is 0 Å². The number of carbonyl (C=O) groups is 1. The molecule has 17 heavy (non-hydrogen) atoms. The van der Waals surface area contributed by atoms with E-state index in [1.807, 2.05) is 0 Å². The summed E-state index contributed by atoms with van der Waals surface area (Å²) in [7, 11) is 2.58. The molecule has 94 valence electrons. The van der Waals surface area contributed by atoms with Crippen LogP contribution in [0.5, 0.6) is 5.75 Å². The Balaban J connectivity index is 3.07. The van der Waals surface area contributed by atoms with Gasteiger partial charge in [-0.3, -0.25) is 4.79 Å². The number of halogens is 1. The molecule has 0 radical (unpaired) electrons. The molecule has 4 nitrogen and oxygen atoms in total. The van der Waals surface area contributed by atoms with Crippen molar-refractivity contribution >= 4 is 5.97 Å². The number of benzene rings is 1.